The fourth-order valence-corrected chi connectivity index (χ4v) is 2.73. The number of pyridine rings is 1. The average molecular weight is 375 g/mol. The fraction of sp³-hybridized carbons (Fsp3) is 0.136. The Morgan fingerprint density at radius 2 is 1.79 bits per heavy atom. The van der Waals surface area contributed by atoms with Crippen LogP contribution in [0.5, 0.6) is 0 Å². The Morgan fingerprint density at radius 3 is 2.46 bits per heavy atom. The van der Waals surface area contributed by atoms with Crippen LogP contribution in [0.1, 0.15) is 26.3 Å². The highest BCUT2D eigenvalue weighted by Crippen LogP contribution is 2.17. The van der Waals surface area contributed by atoms with Crippen molar-refractivity contribution in [1.82, 2.24) is 9.88 Å². The Hall–Kier alpha value is -3.67. The normalized spacial score (nSPS) is 10.2. The molecule has 0 radical (unpaired) electrons. The van der Waals surface area contributed by atoms with Gasteiger partial charge in [0.2, 0.25) is 0 Å². The van der Waals surface area contributed by atoms with Crippen LogP contribution in [0.25, 0.3) is 0 Å². The number of benzene rings is 2. The molecule has 0 aliphatic carbocycles. The third-order valence-electron chi connectivity index (χ3n) is 4.18. The first-order valence-electron chi connectivity index (χ1n) is 8.77. The molecule has 28 heavy (non-hydrogen) atoms. The molecule has 6 nitrogen and oxygen atoms in total. The van der Waals surface area contributed by atoms with Crippen LogP contribution in [0, 0.1) is 0 Å². The van der Waals surface area contributed by atoms with Gasteiger partial charge in [0, 0.05) is 25.5 Å². The SMILES string of the molecule is COC(=O)c1cccc(Nc2ccc(C(=O)N(C)Cc3ccccc3)cn2)c1. The molecule has 0 fully saturated rings. The Bertz CT molecular complexity index is 956. The number of hydrogen-bond donors (Lipinski definition) is 1. The van der Waals surface area contributed by atoms with E-state index >= 15 is 0 Å². The van der Waals surface area contributed by atoms with Crippen molar-refractivity contribution in [1.29, 1.82) is 0 Å². The predicted molar refractivity (Wildman–Crippen MR) is 108 cm³/mol. The zero-order valence-electron chi connectivity index (χ0n) is 15.8. The van der Waals surface area contributed by atoms with Crippen LogP contribution in [0.4, 0.5) is 11.5 Å². The average Bonchev–Trinajstić information content (AvgIpc) is 2.74. The summed E-state index contributed by atoms with van der Waals surface area (Å²) in [5.41, 5.74) is 2.72. The van der Waals surface area contributed by atoms with Gasteiger partial charge in [-0.05, 0) is 35.9 Å². The molecule has 2 aromatic carbocycles. The van der Waals surface area contributed by atoms with E-state index in [-0.39, 0.29) is 5.91 Å². The lowest BCUT2D eigenvalue weighted by Crippen LogP contribution is -2.26. The number of nitrogens with one attached hydrogen (secondary N) is 1. The van der Waals surface area contributed by atoms with E-state index in [2.05, 4.69) is 10.3 Å². The number of carbonyl (C=O) groups excluding carboxylic acids is 2. The Labute approximate surface area is 163 Å². The van der Waals surface area contributed by atoms with E-state index in [0.717, 1.165) is 5.56 Å². The highest BCUT2D eigenvalue weighted by Gasteiger charge is 2.13. The second kappa shape index (κ2) is 8.81. The van der Waals surface area contributed by atoms with E-state index in [0.29, 0.717) is 29.2 Å². The molecule has 0 aliphatic rings. The van der Waals surface area contributed by atoms with Crippen LogP contribution in [-0.2, 0) is 11.3 Å². The van der Waals surface area contributed by atoms with Crippen LogP contribution in [0.3, 0.4) is 0 Å². The molecule has 0 atom stereocenters. The van der Waals surface area contributed by atoms with E-state index in [9.17, 15) is 9.59 Å². The molecule has 0 saturated carbocycles. The lowest BCUT2D eigenvalue weighted by molar-refractivity contribution is 0.0600. The van der Waals surface area contributed by atoms with Gasteiger partial charge in [-0.25, -0.2) is 9.78 Å². The first-order valence-corrected chi connectivity index (χ1v) is 8.77. The first-order chi connectivity index (χ1) is 13.6. The van der Waals surface area contributed by atoms with Gasteiger partial charge in [-0.2, -0.15) is 0 Å². The molecular weight excluding hydrogens is 354 g/mol. The number of hydrogen-bond acceptors (Lipinski definition) is 5. The topological polar surface area (TPSA) is 71.5 Å². The summed E-state index contributed by atoms with van der Waals surface area (Å²) in [6.45, 7) is 0.528. The second-order valence-electron chi connectivity index (χ2n) is 6.28. The molecule has 3 rings (SSSR count). The van der Waals surface area contributed by atoms with Crippen molar-refractivity contribution >= 4 is 23.4 Å². The van der Waals surface area contributed by atoms with Crippen molar-refractivity contribution in [3.05, 3.63) is 89.6 Å². The molecule has 6 heteroatoms. The van der Waals surface area contributed by atoms with Gasteiger partial charge in [-0.3, -0.25) is 4.79 Å². The minimum Gasteiger partial charge on any atom is -0.465 e. The molecule has 3 aromatic rings. The number of anilines is 2. The maximum atomic E-state index is 12.6. The van der Waals surface area contributed by atoms with Crippen LogP contribution in [-0.4, -0.2) is 35.9 Å². The van der Waals surface area contributed by atoms with Crippen molar-refractivity contribution in [3.63, 3.8) is 0 Å². The summed E-state index contributed by atoms with van der Waals surface area (Å²) >= 11 is 0. The van der Waals surface area contributed by atoms with Gasteiger partial charge < -0.3 is 15.0 Å². The van der Waals surface area contributed by atoms with E-state index in [1.807, 2.05) is 36.4 Å². The highest BCUT2D eigenvalue weighted by molar-refractivity contribution is 5.94. The van der Waals surface area contributed by atoms with Crippen molar-refractivity contribution in [2.45, 2.75) is 6.54 Å². The number of ether oxygens (including phenoxy) is 1. The fourth-order valence-electron chi connectivity index (χ4n) is 2.73. The summed E-state index contributed by atoms with van der Waals surface area (Å²) < 4.78 is 4.72. The van der Waals surface area contributed by atoms with Gasteiger partial charge in [0.15, 0.2) is 0 Å². The summed E-state index contributed by atoms with van der Waals surface area (Å²) in [6.07, 6.45) is 1.54. The van der Waals surface area contributed by atoms with Gasteiger partial charge in [-0.1, -0.05) is 36.4 Å². The number of methoxy groups -OCH3 is 1. The van der Waals surface area contributed by atoms with Gasteiger partial charge in [0.25, 0.3) is 5.91 Å². The smallest absolute Gasteiger partial charge is 0.337 e. The summed E-state index contributed by atoms with van der Waals surface area (Å²) in [5.74, 6) is 0.0684. The minimum atomic E-state index is -0.404. The number of amides is 1. The lowest BCUT2D eigenvalue weighted by atomic mass is 10.2. The summed E-state index contributed by atoms with van der Waals surface area (Å²) in [7, 11) is 3.11. The van der Waals surface area contributed by atoms with Crippen molar-refractivity contribution in [3.8, 4) is 0 Å². The monoisotopic (exact) mass is 375 g/mol. The van der Waals surface area contributed by atoms with Crippen LogP contribution >= 0.6 is 0 Å². The highest BCUT2D eigenvalue weighted by atomic mass is 16.5. The molecule has 0 aliphatic heterocycles. The van der Waals surface area contributed by atoms with Gasteiger partial charge in [0.1, 0.15) is 5.82 Å². The number of rotatable bonds is 6. The summed E-state index contributed by atoms with van der Waals surface area (Å²) in [6, 6.07) is 20.2. The number of aromatic nitrogens is 1. The Morgan fingerprint density at radius 1 is 1.00 bits per heavy atom. The first kappa shape index (κ1) is 19.1. The molecular formula is C22H21N3O3. The molecule has 0 saturated heterocycles. The zero-order valence-corrected chi connectivity index (χ0v) is 15.8. The van der Waals surface area contributed by atoms with E-state index < -0.39 is 5.97 Å². The Kier molecular flexibility index (Phi) is 6.01. The zero-order chi connectivity index (χ0) is 19.9. The largest absolute Gasteiger partial charge is 0.465 e. The van der Waals surface area contributed by atoms with Crippen molar-refractivity contribution < 1.29 is 14.3 Å². The molecule has 0 bridgehead atoms. The summed E-state index contributed by atoms with van der Waals surface area (Å²) in [5, 5.41) is 3.11. The standard InChI is InChI=1S/C22H21N3O3/c1-25(15-16-7-4-3-5-8-16)21(26)18-11-12-20(23-14-18)24-19-10-6-9-17(13-19)22(27)28-2/h3-14H,15H2,1-2H3,(H,23,24). The summed E-state index contributed by atoms with van der Waals surface area (Å²) in [4.78, 5) is 30.2. The second-order valence-corrected chi connectivity index (χ2v) is 6.28. The maximum absolute atomic E-state index is 12.6. The third kappa shape index (κ3) is 4.73. The van der Waals surface area contributed by atoms with Crippen LogP contribution < -0.4 is 5.32 Å². The van der Waals surface area contributed by atoms with Gasteiger partial charge >= 0.3 is 5.97 Å². The molecule has 0 unspecified atom stereocenters. The van der Waals surface area contributed by atoms with E-state index in [4.69, 9.17) is 4.74 Å². The van der Waals surface area contributed by atoms with Gasteiger partial charge in [0.05, 0.1) is 18.2 Å². The molecule has 1 amide bonds. The minimum absolute atomic E-state index is 0.101. The van der Waals surface area contributed by atoms with Crippen LogP contribution in [0.2, 0.25) is 0 Å². The number of carbonyl (C=O) groups is 2. The van der Waals surface area contributed by atoms with E-state index in [1.54, 1.807) is 42.3 Å². The molecule has 142 valence electrons. The van der Waals surface area contributed by atoms with Crippen molar-refractivity contribution in [2.75, 3.05) is 19.5 Å². The van der Waals surface area contributed by atoms with Crippen molar-refractivity contribution in [2.24, 2.45) is 0 Å². The molecule has 1 heterocycles. The number of nitrogens with zero attached hydrogens (tertiary/aromatic N) is 2. The van der Waals surface area contributed by atoms with E-state index in [1.165, 1.54) is 13.3 Å². The predicted octanol–water partition coefficient (Wildman–Crippen LogP) is 3.88. The molecule has 1 aromatic heterocycles. The number of esters is 1. The lowest BCUT2D eigenvalue weighted by Gasteiger charge is -2.17. The third-order valence-corrected chi connectivity index (χ3v) is 4.18. The maximum Gasteiger partial charge on any atom is 0.337 e. The van der Waals surface area contributed by atoms with Gasteiger partial charge in [-0.15, -0.1) is 0 Å². The van der Waals surface area contributed by atoms with Crippen LogP contribution in [0.15, 0.2) is 72.9 Å². The molecule has 0 spiro atoms. The molecule has 1 N–H and O–H groups in total. The Balaban J connectivity index is 1.66. The quantitative estimate of drug-likeness (QED) is 0.662.